The Bertz CT molecular complexity index is 567. The van der Waals surface area contributed by atoms with E-state index in [1.807, 2.05) is 6.07 Å². The molecule has 0 aliphatic heterocycles. The molecule has 2 rings (SSSR count). The summed E-state index contributed by atoms with van der Waals surface area (Å²) in [5.41, 5.74) is 3.39. The Morgan fingerprint density at radius 2 is 2.32 bits per heavy atom. The zero-order chi connectivity index (χ0) is 13.7. The number of H-pyrrole nitrogens is 1. The number of fused-ring (bicyclic) bond motifs is 1. The normalized spacial score (nSPS) is 12.7. The van der Waals surface area contributed by atoms with E-state index in [9.17, 15) is 0 Å². The number of benzene rings is 1. The van der Waals surface area contributed by atoms with Gasteiger partial charge in [-0.25, -0.2) is 4.98 Å². The molecule has 0 bridgehead atoms. The number of nitrogens with one attached hydrogen (secondary N) is 1. The van der Waals surface area contributed by atoms with Gasteiger partial charge in [0.05, 0.1) is 29.3 Å². The van der Waals surface area contributed by atoms with E-state index in [0.29, 0.717) is 0 Å². The van der Waals surface area contributed by atoms with Crippen LogP contribution in [0.3, 0.4) is 0 Å². The minimum atomic E-state index is 0.139. The van der Waals surface area contributed by atoms with Crippen molar-refractivity contribution in [2.75, 3.05) is 20.1 Å². The summed E-state index contributed by atoms with van der Waals surface area (Å²) in [6.07, 6.45) is 3.63. The first-order valence-corrected chi connectivity index (χ1v) is 6.73. The molecule has 0 aliphatic rings. The molecule has 1 aromatic carbocycles. The second kappa shape index (κ2) is 6.35. The molecule has 1 heterocycles. The lowest BCUT2D eigenvalue weighted by atomic mass is 10.1. The summed E-state index contributed by atoms with van der Waals surface area (Å²) in [6, 6.07) is 8.67. The third kappa shape index (κ3) is 3.55. The van der Waals surface area contributed by atoms with Gasteiger partial charge in [-0.1, -0.05) is 13.0 Å². The smallest absolute Gasteiger partial charge is 0.0931 e. The van der Waals surface area contributed by atoms with Crippen molar-refractivity contribution in [2.45, 2.75) is 19.8 Å². The fourth-order valence-electron chi connectivity index (χ4n) is 2.19. The van der Waals surface area contributed by atoms with Crippen LogP contribution in [0.5, 0.6) is 0 Å². The Hall–Kier alpha value is -1.86. The number of hydrogen-bond acceptors (Lipinski definition) is 3. The number of hydrogen-bond donors (Lipinski definition) is 1. The number of aromatic nitrogens is 2. The number of likely N-dealkylation sites (N-methyl/N-ethyl adjacent to an activating group) is 1. The summed E-state index contributed by atoms with van der Waals surface area (Å²) in [7, 11) is 2.08. The number of nitrogens with zero attached hydrogens (tertiary/aromatic N) is 3. The highest BCUT2D eigenvalue weighted by Gasteiger charge is 2.08. The molecule has 0 saturated carbocycles. The van der Waals surface area contributed by atoms with Crippen molar-refractivity contribution >= 4 is 11.0 Å². The van der Waals surface area contributed by atoms with Crippen LogP contribution >= 0.6 is 0 Å². The Morgan fingerprint density at radius 1 is 1.47 bits per heavy atom. The minimum absolute atomic E-state index is 0.139. The summed E-state index contributed by atoms with van der Waals surface area (Å²) in [4.78, 5) is 9.58. The lowest BCUT2D eigenvalue weighted by molar-refractivity contribution is 0.303. The van der Waals surface area contributed by atoms with E-state index in [0.717, 1.165) is 37.0 Å². The minimum Gasteiger partial charge on any atom is -0.345 e. The maximum absolute atomic E-state index is 8.97. The summed E-state index contributed by atoms with van der Waals surface area (Å²) in [6.45, 7) is 3.88. The van der Waals surface area contributed by atoms with Crippen LogP contribution in [-0.4, -0.2) is 35.0 Å². The van der Waals surface area contributed by atoms with Gasteiger partial charge in [-0.05, 0) is 37.6 Å². The van der Waals surface area contributed by atoms with Crippen molar-refractivity contribution in [1.29, 1.82) is 5.26 Å². The molecule has 0 saturated heterocycles. The van der Waals surface area contributed by atoms with Gasteiger partial charge in [0.1, 0.15) is 0 Å². The number of aromatic amines is 1. The molecule has 0 spiro atoms. The highest BCUT2D eigenvalue weighted by Crippen LogP contribution is 2.12. The molecule has 4 nitrogen and oxygen atoms in total. The van der Waals surface area contributed by atoms with Crippen LogP contribution in [0.2, 0.25) is 0 Å². The second-order valence-electron chi connectivity index (χ2n) is 5.00. The maximum Gasteiger partial charge on any atom is 0.0931 e. The molecule has 1 unspecified atom stereocenters. The van der Waals surface area contributed by atoms with Crippen molar-refractivity contribution < 1.29 is 0 Å². The van der Waals surface area contributed by atoms with E-state index in [1.54, 1.807) is 6.33 Å². The second-order valence-corrected chi connectivity index (χ2v) is 5.00. The first-order chi connectivity index (χ1) is 9.22. The zero-order valence-electron chi connectivity index (χ0n) is 11.6. The molecule has 0 radical (unpaired) electrons. The van der Waals surface area contributed by atoms with Gasteiger partial charge in [0.15, 0.2) is 0 Å². The molecular formula is C15H20N4. The maximum atomic E-state index is 8.97. The van der Waals surface area contributed by atoms with E-state index in [1.165, 1.54) is 5.56 Å². The molecule has 19 heavy (non-hydrogen) atoms. The summed E-state index contributed by atoms with van der Waals surface area (Å²) >= 11 is 0. The standard InChI is InChI=1S/C15H20N4/c1-3-12(9-16)10-19(2)7-6-13-4-5-14-15(8-13)18-11-17-14/h4-5,8,11-12H,3,6-7,10H2,1-2H3,(H,17,18). The monoisotopic (exact) mass is 256 g/mol. The molecular weight excluding hydrogens is 236 g/mol. The fourth-order valence-corrected chi connectivity index (χ4v) is 2.19. The molecule has 4 heteroatoms. The van der Waals surface area contributed by atoms with Crippen LogP contribution in [-0.2, 0) is 6.42 Å². The Balaban J connectivity index is 1.89. The summed E-state index contributed by atoms with van der Waals surface area (Å²) < 4.78 is 0. The van der Waals surface area contributed by atoms with Gasteiger partial charge in [-0.2, -0.15) is 5.26 Å². The van der Waals surface area contributed by atoms with Crippen molar-refractivity contribution in [3.63, 3.8) is 0 Å². The van der Waals surface area contributed by atoms with Gasteiger partial charge in [0.2, 0.25) is 0 Å². The molecule has 2 aromatic rings. The molecule has 100 valence electrons. The number of nitriles is 1. The highest BCUT2D eigenvalue weighted by molar-refractivity contribution is 5.75. The Labute approximate surface area is 114 Å². The molecule has 0 amide bonds. The summed E-state index contributed by atoms with van der Waals surface area (Å²) in [5.74, 6) is 0.139. The van der Waals surface area contributed by atoms with E-state index in [4.69, 9.17) is 5.26 Å². The zero-order valence-corrected chi connectivity index (χ0v) is 11.6. The van der Waals surface area contributed by atoms with Crippen LogP contribution in [0.15, 0.2) is 24.5 Å². The molecule has 0 fully saturated rings. The average Bonchev–Trinajstić information content (AvgIpc) is 2.89. The Kier molecular flexibility index (Phi) is 4.53. The third-order valence-corrected chi connectivity index (χ3v) is 3.47. The van der Waals surface area contributed by atoms with Crippen molar-refractivity contribution in [1.82, 2.24) is 14.9 Å². The molecule has 1 atom stereocenters. The van der Waals surface area contributed by atoms with Crippen molar-refractivity contribution in [3.05, 3.63) is 30.1 Å². The van der Waals surface area contributed by atoms with Crippen LogP contribution in [0, 0.1) is 17.2 Å². The molecule has 0 aliphatic carbocycles. The van der Waals surface area contributed by atoms with Crippen molar-refractivity contribution in [3.8, 4) is 6.07 Å². The molecule has 1 N–H and O–H groups in total. The topological polar surface area (TPSA) is 55.7 Å². The molecule has 1 aromatic heterocycles. The van der Waals surface area contributed by atoms with E-state index in [-0.39, 0.29) is 5.92 Å². The van der Waals surface area contributed by atoms with Gasteiger partial charge in [-0.15, -0.1) is 0 Å². The average molecular weight is 256 g/mol. The first kappa shape index (κ1) is 13.6. The van der Waals surface area contributed by atoms with Crippen LogP contribution in [0.4, 0.5) is 0 Å². The predicted octanol–water partition coefficient (Wildman–Crippen LogP) is 2.59. The van der Waals surface area contributed by atoms with Crippen LogP contribution < -0.4 is 0 Å². The van der Waals surface area contributed by atoms with Gasteiger partial charge in [0, 0.05) is 13.1 Å². The number of imidazole rings is 1. The van der Waals surface area contributed by atoms with Crippen LogP contribution in [0.1, 0.15) is 18.9 Å². The van der Waals surface area contributed by atoms with Gasteiger partial charge >= 0.3 is 0 Å². The lowest BCUT2D eigenvalue weighted by Gasteiger charge is -2.18. The van der Waals surface area contributed by atoms with E-state index >= 15 is 0 Å². The van der Waals surface area contributed by atoms with Gasteiger partial charge < -0.3 is 9.88 Å². The Morgan fingerprint density at radius 3 is 3.05 bits per heavy atom. The SMILES string of the molecule is CCC(C#N)CN(C)CCc1ccc2nc[nH]c2c1. The van der Waals surface area contributed by atoms with E-state index < -0.39 is 0 Å². The van der Waals surface area contributed by atoms with Crippen LogP contribution in [0.25, 0.3) is 11.0 Å². The van der Waals surface area contributed by atoms with Crippen molar-refractivity contribution in [2.24, 2.45) is 5.92 Å². The fraction of sp³-hybridized carbons (Fsp3) is 0.467. The summed E-state index contributed by atoms with van der Waals surface area (Å²) in [5, 5.41) is 8.97. The first-order valence-electron chi connectivity index (χ1n) is 6.73. The quantitative estimate of drug-likeness (QED) is 0.864. The predicted molar refractivity (Wildman–Crippen MR) is 76.7 cm³/mol. The number of rotatable bonds is 6. The third-order valence-electron chi connectivity index (χ3n) is 3.47. The largest absolute Gasteiger partial charge is 0.345 e. The lowest BCUT2D eigenvalue weighted by Crippen LogP contribution is -2.27. The van der Waals surface area contributed by atoms with Gasteiger partial charge in [-0.3, -0.25) is 0 Å². The van der Waals surface area contributed by atoms with E-state index in [2.05, 4.69) is 47.0 Å². The highest BCUT2D eigenvalue weighted by atomic mass is 15.1. The van der Waals surface area contributed by atoms with Gasteiger partial charge in [0.25, 0.3) is 0 Å².